The van der Waals surface area contributed by atoms with Crippen molar-refractivity contribution in [2.45, 2.75) is 19.4 Å². The fourth-order valence-corrected chi connectivity index (χ4v) is 2.25. The number of rotatable bonds is 5. The van der Waals surface area contributed by atoms with Crippen LogP contribution in [-0.2, 0) is 6.42 Å². The average molecular weight is 292 g/mol. The van der Waals surface area contributed by atoms with Crippen LogP contribution in [0, 0.1) is 18.6 Å². The molecule has 0 aliphatic heterocycles. The molecule has 0 heterocycles. The molecule has 0 fully saturated rings. The Morgan fingerprint density at radius 1 is 1.24 bits per heavy atom. The summed E-state index contributed by atoms with van der Waals surface area (Å²) in [4.78, 5) is 0. The monoisotopic (exact) mass is 292 g/mol. The predicted molar refractivity (Wildman–Crippen MR) is 77.9 cm³/mol. The second-order valence-electron chi connectivity index (χ2n) is 4.87. The van der Waals surface area contributed by atoms with Crippen molar-refractivity contribution in [1.82, 2.24) is 5.43 Å². The van der Waals surface area contributed by atoms with Crippen LogP contribution < -0.4 is 16.0 Å². The molecule has 5 heteroatoms. The molecule has 3 nitrogen and oxygen atoms in total. The van der Waals surface area contributed by atoms with Crippen LogP contribution in [0.25, 0.3) is 0 Å². The van der Waals surface area contributed by atoms with Gasteiger partial charge in [-0.15, -0.1) is 0 Å². The van der Waals surface area contributed by atoms with E-state index in [4.69, 9.17) is 10.6 Å². The maximum atomic E-state index is 14.2. The first-order chi connectivity index (χ1) is 10.1. The molecular weight excluding hydrogens is 274 g/mol. The van der Waals surface area contributed by atoms with Crippen molar-refractivity contribution < 1.29 is 13.5 Å². The van der Waals surface area contributed by atoms with Crippen LogP contribution in [0.5, 0.6) is 5.75 Å². The number of aryl methyl sites for hydroxylation is 1. The van der Waals surface area contributed by atoms with Crippen molar-refractivity contribution in [1.29, 1.82) is 0 Å². The molecule has 0 spiro atoms. The highest BCUT2D eigenvalue weighted by Crippen LogP contribution is 2.25. The summed E-state index contributed by atoms with van der Waals surface area (Å²) in [7, 11) is 1.42. The Kier molecular flexibility index (Phi) is 4.88. The number of benzene rings is 2. The smallest absolute Gasteiger partial charge is 0.168 e. The van der Waals surface area contributed by atoms with Gasteiger partial charge in [-0.3, -0.25) is 11.3 Å². The fourth-order valence-electron chi connectivity index (χ4n) is 2.25. The van der Waals surface area contributed by atoms with Crippen LogP contribution in [0.2, 0.25) is 0 Å². The molecule has 0 saturated heterocycles. The van der Waals surface area contributed by atoms with Gasteiger partial charge in [0.15, 0.2) is 11.6 Å². The summed E-state index contributed by atoms with van der Waals surface area (Å²) >= 11 is 0. The molecule has 0 amide bonds. The van der Waals surface area contributed by atoms with E-state index in [0.29, 0.717) is 17.5 Å². The minimum atomic E-state index is -0.404. The third-order valence-electron chi connectivity index (χ3n) is 3.47. The molecule has 0 radical (unpaired) electrons. The fraction of sp³-hybridized carbons (Fsp3) is 0.250. The predicted octanol–water partition coefficient (Wildman–Crippen LogP) is 3.03. The lowest BCUT2D eigenvalue weighted by atomic mass is 9.97. The molecule has 0 saturated carbocycles. The van der Waals surface area contributed by atoms with Gasteiger partial charge in [0.1, 0.15) is 5.82 Å². The summed E-state index contributed by atoms with van der Waals surface area (Å²) in [5.41, 5.74) is 4.46. The second-order valence-corrected chi connectivity index (χ2v) is 4.87. The lowest BCUT2D eigenvalue weighted by Crippen LogP contribution is -2.30. The highest BCUT2D eigenvalue weighted by atomic mass is 19.1. The van der Waals surface area contributed by atoms with Crippen LogP contribution in [-0.4, -0.2) is 7.11 Å². The molecule has 0 aromatic heterocycles. The summed E-state index contributed by atoms with van der Waals surface area (Å²) in [5, 5.41) is 0. The number of hydrogen-bond acceptors (Lipinski definition) is 3. The van der Waals surface area contributed by atoms with Gasteiger partial charge in [0.25, 0.3) is 0 Å². The molecule has 1 atom stereocenters. The van der Waals surface area contributed by atoms with Gasteiger partial charge in [0, 0.05) is 0 Å². The Balaban J connectivity index is 2.29. The first-order valence-electron chi connectivity index (χ1n) is 6.60. The van der Waals surface area contributed by atoms with E-state index >= 15 is 0 Å². The Labute approximate surface area is 122 Å². The Bertz CT molecular complexity index is 632. The number of halogens is 2. The molecule has 21 heavy (non-hydrogen) atoms. The summed E-state index contributed by atoms with van der Waals surface area (Å²) in [5.74, 6) is 5.08. The minimum absolute atomic E-state index is 0.193. The Morgan fingerprint density at radius 3 is 2.62 bits per heavy atom. The zero-order chi connectivity index (χ0) is 15.4. The van der Waals surface area contributed by atoms with Gasteiger partial charge in [-0.05, 0) is 42.2 Å². The highest BCUT2D eigenvalue weighted by Gasteiger charge is 2.16. The first kappa shape index (κ1) is 15.4. The number of methoxy groups -OCH3 is 1. The zero-order valence-corrected chi connectivity index (χ0v) is 12.0. The molecule has 0 aliphatic carbocycles. The molecule has 2 rings (SSSR count). The van der Waals surface area contributed by atoms with Crippen molar-refractivity contribution in [2.24, 2.45) is 5.84 Å². The van der Waals surface area contributed by atoms with E-state index in [1.165, 1.54) is 13.2 Å². The quantitative estimate of drug-likeness (QED) is 0.658. The van der Waals surface area contributed by atoms with Gasteiger partial charge in [-0.25, -0.2) is 8.78 Å². The number of nitrogens with one attached hydrogen (secondary N) is 1. The van der Waals surface area contributed by atoms with Gasteiger partial charge in [-0.2, -0.15) is 0 Å². The maximum Gasteiger partial charge on any atom is 0.168 e. The molecule has 112 valence electrons. The van der Waals surface area contributed by atoms with Crippen molar-refractivity contribution in [2.75, 3.05) is 7.11 Å². The SMILES string of the molecule is COc1cccc(CC(NN)c2ccc(F)c(C)c2)c1F. The molecule has 1 unspecified atom stereocenters. The molecule has 0 aliphatic rings. The van der Waals surface area contributed by atoms with E-state index < -0.39 is 5.82 Å². The van der Waals surface area contributed by atoms with E-state index in [9.17, 15) is 8.78 Å². The van der Waals surface area contributed by atoms with E-state index in [2.05, 4.69) is 5.43 Å². The number of ether oxygens (including phenoxy) is 1. The summed E-state index contributed by atoms with van der Waals surface area (Å²) < 4.78 is 32.5. The van der Waals surface area contributed by atoms with Crippen LogP contribution in [0.4, 0.5) is 8.78 Å². The third-order valence-corrected chi connectivity index (χ3v) is 3.47. The van der Waals surface area contributed by atoms with Gasteiger partial charge >= 0.3 is 0 Å². The zero-order valence-electron chi connectivity index (χ0n) is 12.0. The molecule has 2 aromatic carbocycles. The van der Waals surface area contributed by atoms with Gasteiger partial charge in [0.05, 0.1) is 13.2 Å². The number of hydrazine groups is 1. The highest BCUT2D eigenvalue weighted by molar-refractivity contribution is 5.33. The maximum absolute atomic E-state index is 14.2. The third kappa shape index (κ3) is 3.37. The molecule has 3 N–H and O–H groups in total. The van der Waals surface area contributed by atoms with Crippen molar-refractivity contribution in [3.63, 3.8) is 0 Å². The average Bonchev–Trinajstić information content (AvgIpc) is 2.49. The van der Waals surface area contributed by atoms with Crippen LogP contribution >= 0.6 is 0 Å². The second kappa shape index (κ2) is 6.65. The van der Waals surface area contributed by atoms with Crippen molar-refractivity contribution in [3.05, 3.63) is 64.7 Å². The van der Waals surface area contributed by atoms with Crippen LogP contribution in [0.15, 0.2) is 36.4 Å². The van der Waals surface area contributed by atoms with Crippen LogP contribution in [0.1, 0.15) is 22.7 Å². The molecular formula is C16H18F2N2O. The van der Waals surface area contributed by atoms with Gasteiger partial charge < -0.3 is 4.74 Å². The summed E-state index contributed by atoms with van der Waals surface area (Å²) in [6, 6.07) is 9.39. The van der Waals surface area contributed by atoms with Crippen molar-refractivity contribution in [3.8, 4) is 5.75 Å². The number of hydrogen-bond donors (Lipinski definition) is 2. The topological polar surface area (TPSA) is 47.3 Å². The van der Waals surface area contributed by atoms with E-state index in [1.807, 2.05) is 0 Å². The minimum Gasteiger partial charge on any atom is -0.494 e. The van der Waals surface area contributed by atoms with Crippen LogP contribution in [0.3, 0.4) is 0 Å². The summed E-state index contributed by atoms with van der Waals surface area (Å²) in [6.07, 6.45) is 0.338. The normalized spacial score (nSPS) is 12.2. The number of nitrogens with two attached hydrogens (primary N) is 1. The van der Waals surface area contributed by atoms with E-state index in [0.717, 1.165) is 5.56 Å². The summed E-state index contributed by atoms with van der Waals surface area (Å²) in [6.45, 7) is 1.68. The standard InChI is InChI=1S/C16H18F2N2O/c1-10-8-11(6-7-13(10)17)14(20-19)9-12-4-3-5-15(21-2)16(12)18/h3-8,14,20H,9,19H2,1-2H3. The Hall–Kier alpha value is -1.98. The molecule has 2 aromatic rings. The van der Waals surface area contributed by atoms with Crippen molar-refractivity contribution >= 4 is 0 Å². The lowest BCUT2D eigenvalue weighted by Gasteiger charge is -2.18. The largest absolute Gasteiger partial charge is 0.494 e. The first-order valence-corrected chi connectivity index (χ1v) is 6.60. The van der Waals surface area contributed by atoms with Gasteiger partial charge in [0.2, 0.25) is 0 Å². The van der Waals surface area contributed by atoms with E-state index in [1.54, 1.807) is 37.3 Å². The van der Waals surface area contributed by atoms with Gasteiger partial charge in [-0.1, -0.05) is 24.3 Å². The van der Waals surface area contributed by atoms with E-state index in [-0.39, 0.29) is 17.6 Å². The molecule has 0 bridgehead atoms. The lowest BCUT2D eigenvalue weighted by molar-refractivity contribution is 0.382. The Morgan fingerprint density at radius 2 is 2.00 bits per heavy atom.